The van der Waals surface area contributed by atoms with Gasteiger partial charge in [0.2, 0.25) is 0 Å². The van der Waals surface area contributed by atoms with Crippen LogP contribution in [0.1, 0.15) is 22.8 Å². The number of hydrogen-bond donors (Lipinski definition) is 2. The van der Waals surface area contributed by atoms with Crippen LogP contribution in [0.3, 0.4) is 0 Å². The Labute approximate surface area is 130 Å². The molecule has 0 bridgehead atoms. The molecule has 2 rings (SSSR count). The number of hydrogen-bond acceptors (Lipinski definition) is 4. The van der Waals surface area contributed by atoms with Crippen LogP contribution in [0.25, 0.3) is 0 Å². The van der Waals surface area contributed by atoms with Crippen molar-refractivity contribution in [1.82, 2.24) is 10.3 Å². The molecule has 0 saturated heterocycles. The molecular weight excluding hydrogens is 340 g/mol. The van der Waals surface area contributed by atoms with Crippen molar-refractivity contribution in [3.63, 3.8) is 0 Å². The van der Waals surface area contributed by atoms with Crippen LogP contribution in [0.4, 0.5) is 0 Å². The largest absolute Gasteiger partial charge is 0.388 e. The van der Waals surface area contributed by atoms with Gasteiger partial charge in [-0.3, -0.25) is 9.78 Å². The first kappa shape index (κ1) is 15.2. The van der Waals surface area contributed by atoms with Gasteiger partial charge >= 0.3 is 0 Å². The van der Waals surface area contributed by atoms with E-state index < -0.39 is 5.60 Å². The molecule has 0 saturated carbocycles. The van der Waals surface area contributed by atoms with Crippen molar-refractivity contribution >= 4 is 33.2 Å². The van der Waals surface area contributed by atoms with Gasteiger partial charge in [0, 0.05) is 29.8 Å². The maximum absolute atomic E-state index is 12.0. The topological polar surface area (TPSA) is 62.2 Å². The lowest BCUT2D eigenvalue weighted by Crippen LogP contribution is -2.42. The first-order valence-electron chi connectivity index (χ1n) is 6.08. The minimum Gasteiger partial charge on any atom is -0.388 e. The first-order chi connectivity index (χ1) is 9.46. The molecule has 4 nitrogen and oxygen atoms in total. The SMILES string of the molecule is CC(O)(CNC(=O)c1cncc(Br)c1)Cc1ccsc1. The molecule has 2 aromatic heterocycles. The summed E-state index contributed by atoms with van der Waals surface area (Å²) in [5, 5.41) is 17.0. The predicted octanol–water partition coefficient (Wildman–Crippen LogP) is 2.63. The third kappa shape index (κ3) is 4.40. The summed E-state index contributed by atoms with van der Waals surface area (Å²) in [6.07, 6.45) is 3.62. The van der Waals surface area contributed by atoms with E-state index >= 15 is 0 Å². The van der Waals surface area contributed by atoms with Crippen LogP contribution in [-0.4, -0.2) is 28.1 Å². The molecule has 106 valence electrons. The average Bonchev–Trinajstić information content (AvgIpc) is 2.88. The van der Waals surface area contributed by atoms with Gasteiger partial charge in [-0.05, 0) is 51.3 Å². The van der Waals surface area contributed by atoms with Gasteiger partial charge in [-0.1, -0.05) is 0 Å². The van der Waals surface area contributed by atoms with Crippen LogP contribution < -0.4 is 5.32 Å². The molecule has 0 aromatic carbocycles. The molecule has 0 aliphatic carbocycles. The highest BCUT2D eigenvalue weighted by atomic mass is 79.9. The third-order valence-corrected chi connectivity index (χ3v) is 3.93. The highest BCUT2D eigenvalue weighted by Gasteiger charge is 2.22. The second-order valence-electron chi connectivity index (χ2n) is 4.88. The Morgan fingerprint density at radius 2 is 2.35 bits per heavy atom. The summed E-state index contributed by atoms with van der Waals surface area (Å²) in [6.45, 7) is 1.90. The standard InChI is InChI=1S/C14H15BrN2O2S/c1-14(19,5-10-2-3-20-8-10)9-17-13(18)11-4-12(15)7-16-6-11/h2-4,6-8,19H,5,9H2,1H3,(H,17,18). The summed E-state index contributed by atoms with van der Waals surface area (Å²) >= 11 is 4.86. The average molecular weight is 355 g/mol. The molecule has 1 amide bonds. The van der Waals surface area contributed by atoms with E-state index in [4.69, 9.17) is 0 Å². The molecule has 2 aromatic rings. The van der Waals surface area contributed by atoms with Crippen LogP contribution in [0, 0.1) is 0 Å². The second-order valence-corrected chi connectivity index (χ2v) is 6.58. The molecule has 6 heteroatoms. The number of aliphatic hydroxyl groups is 1. The van der Waals surface area contributed by atoms with Crippen molar-refractivity contribution in [3.8, 4) is 0 Å². The minimum atomic E-state index is -0.976. The van der Waals surface area contributed by atoms with Crippen molar-refractivity contribution in [2.45, 2.75) is 18.9 Å². The summed E-state index contributed by atoms with van der Waals surface area (Å²) < 4.78 is 0.746. The summed E-state index contributed by atoms with van der Waals surface area (Å²) in [7, 11) is 0. The molecule has 0 spiro atoms. The smallest absolute Gasteiger partial charge is 0.252 e. The fourth-order valence-electron chi connectivity index (χ4n) is 1.80. The molecule has 20 heavy (non-hydrogen) atoms. The second kappa shape index (κ2) is 6.47. The Kier molecular flexibility index (Phi) is 4.91. The lowest BCUT2D eigenvalue weighted by atomic mass is 9.98. The molecule has 0 radical (unpaired) electrons. The van der Waals surface area contributed by atoms with Crippen LogP contribution >= 0.6 is 27.3 Å². The van der Waals surface area contributed by atoms with E-state index in [2.05, 4.69) is 26.2 Å². The number of amides is 1. The summed E-state index contributed by atoms with van der Waals surface area (Å²) in [4.78, 5) is 15.9. The maximum Gasteiger partial charge on any atom is 0.252 e. The highest BCUT2D eigenvalue weighted by Crippen LogP contribution is 2.15. The zero-order valence-corrected chi connectivity index (χ0v) is 13.4. The van der Waals surface area contributed by atoms with Crippen molar-refractivity contribution in [2.75, 3.05) is 6.54 Å². The van der Waals surface area contributed by atoms with Gasteiger partial charge in [0.15, 0.2) is 0 Å². The quantitative estimate of drug-likeness (QED) is 0.867. The van der Waals surface area contributed by atoms with Gasteiger partial charge in [-0.15, -0.1) is 0 Å². The highest BCUT2D eigenvalue weighted by molar-refractivity contribution is 9.10. The van der Waals surface area contributed by atoms with E-state index in [-0.39, 0.29) is 12.5 Å². The van der Waals surface area contributed by atoms with E-state index in [1.807, 2.05) is 16.8 Å². The number of pyridine rings is 1. The van der Waals surface area contributed by atoms with Gasteiger partial charge in [-0.25, -0.2) is 0 Å². The zero-order chi connectivity index (χ0) is 14.6. The van der Waals surface area contributed by atoms with Gasteiger partial charge in [0.05, 0.1) is 11.2 Å². The number of aromatic nitrogens is 1. The Balaban J connectivity index is 1.92. The van der Waals surface area contributed by atoms with E-state index in [1.54, 1.807) is 30.5 Å². The summed E-state index contributed by atoms with van der Waals surface area (Å²) in [5.74, 6) is -0.246. The van der Waals surface area contributed by atoms with Crippen LogP contribution in [0.15, 0.2) is 39.8 Å². The number of thiophene rings is 1. The number of carbonyl (C=O) groups excluding carboxylic acids is 1. The summed E-state index contributed by atoms with van der Waals surface area (Å²) in [5.41, 5.74) is 0.556. The van der Waals surface area contributed by atoms with Gasteiger partial charge in [0.25, 0.3) is 5.91 Å². The monoisotopic (exact) mass is 354 g/mol. The molecule has 1 unspecified atom stereocenters. The van der Waals surface area contributed by atoms with Crippen LogP contribution in [0.5, 0.6) is 0 Å². The minimum absolute atomic E-state index is 0.189. The molecule has 1 atom stereocenters. The Morgan fingerprint density at radius 1 is 1.55 bits per heavy atom. The van der Waals surface area contributed by atoms with Crippen LogP contribution in [0.2, 0.25) is 0 Å². The molecule has 0 aliphatic rings. The molecule has 0 aliphatic heterocycles. The Morgan fingerprint density at radius 3 is 3.00 bits per heavy atom. The van der Waals surface area contributed by atoms with Crippen molar-refractivity contribution in [1.29, 1.82) is 0 Å². The molecular formula is C14H15BrN2O2S. The molecule has 2 N–H and O–H groups in total. The number of rotatable bonds is 5. The Hall–Kier alpha value is -1.24. The fraction of sp³-hybridized carbons (Fsp3) is 0.286. The molecule has 2 heterocycles. The van der Waals surface area contributed by atoms with Crippen molar-refractivity contribution in [3.05, 3.63) is 50.9 Å². The van der Waals surface area contributed by atoms with E-state index in [0.717, 1.165) is 10.0 Å². The predicted molar refractivity (Wildman–Crippen MR) is 82.9 cm³/mol. The number of nitrogens with one attached hydrogen (secondary N) is 1. The number of nitrogens with zero attached hydrogens (tertiary/aromatic N) is 1. The van der Waals surface area contributed by atoms with E-state index in [0.29, 0.717) is 12.0 Å². The van der Waals surface area contributed by atoms with Gasteiger partial charge in [0.1, 0.15) is 0 Å². The van der Waals surface area contributed by atoms with Gasteiger partial charge < -0.3 is 10.4 Å². The number of halogens is 1. The third-order valence-electron chi connectivity index (χ3n) is 2.76. The van der Waals surface area contributed by atoms with Crippen molar-refractivity contribution < 1.29 is 9.90 Å². The summed E-state index contributed by atoms with van der Waals surface area (Å²) in [6, 6.07) is 3.66. The van der Waals surface area contributed by atoms with Crippen molar-refractivity contribution in [2.24, 2.45) is 0 Å². The lowest BCUT2D eigenvalue weighted by Gasteiger charge is -2.23. The fourth-order valence-corrected chi connectivity index (χ4v) is 2.84. The van der Waals surface area contributed by atoms with Crippen LogP contribution in [-0.2, 0) is 6.42 Å². The molecule has 0 fully saturated rings. The van der Waals surface area contributed by atoms with Gasteiger partial charge in [-0.2, -0.15) is 11.3 Å². The van der Waals surface area contributed by atoms with E-state index in [9.17, 15) is 9.90 Å². The van der Waals surface area contributed by atoms with E-state index in [1.165, 1.54) is 6.20 Å². The normalized spacial score (nSPS) is 13.8. The first-order valence-corrected chi connectivity index (χ1v) is 7.82. The zero-order valence-electron chi connectivity index (χ0n) is 11.0. The lowest BCUT2D eigenvalue weighted by molar-refractivity contribution is 0.0553. The maximum atomic E-state index is 12.0. The number of carbonyl (C=O) groups is 1. The Bertz CT molecular complexity index is 585.